The number of aliphatic carboxylic acids is 1. The van der Waals surface area contributed by atoms with Crippen molar-refractivity contribution in [3.05, 3.63) is 0 Å². The minimum absolute atomic E-state index is 0.261. The largest absolute Gasteiger partial charge is 0.478 e. The van der Waals surface area contributed by atoms with Gasteiger partial charge in [0.05, 0.1) is 13.7 Å². The summed E-state index contributed by atoms with van der Waals surface area (Å²) in [6, 6.07) is 0. The van der Waals surface area contributed by atoms with Gasteiger partial charge in [-0.3, -0.25) is 5.32 Å². The summed E-state index contributed by atoms with van der Waals surface area (Å²) in [5, 5.41) is 11.0. The second-order valence-electron chi connectivity index (χ2n) is 2.70. The predicted octanol–water partition coefficient (Wildman–Crippen LogP) is -0.0663. The van der Waals surface area contributed by atoms with Crippen molar-refractivity contribution in [3.8, 4) is 0 Å². The minimum atomic E-state index is -1.59. The fourth-order valence-electron chi connectivity index (χ4n) is 1.18. The molecule has 2 N–H and O–H groups in total. The van der Waals surface area contributed by atoms with E-state index in [0.717, 1.165) is 0 Å². The third kappa shape index (κ3) is 1.89. The van der Waals surface area contributed by atoms with Crippen LogP contribution in [0.25, 0.3) is 0 Å². The maximum Gasteiger partial charge on any atom is 0.409 e. The zero-order chi connectivity index (χ0) is 9.90. The fourth-order valence-corrected chi connectivity index (χ4v) is 1.18. The highest BCUT2D eigenvalue weighted by Gasteiger charge is 2.44. The summed E-state index contributed by atoms with van der Waals surface area (Å²) in [4.78, 5) is 21.6. The number of hydrogen-bond donors (Lipinski definition) is 2. The SMILES string of the molecule is COC(=O)NC1(C(=O)O)CCCO1. The Kier molecular flexibility index (Phi) is 2.72. The normalized spacial score (nSPS) is 26.8. The standard InChI is InChI=1S/C7H11NO5/c1-12-6(11)8-7(5(9)10)3-2-4-13-7/h2-4H2,1H3,(H,8,11)(H,9,10). The molecule has 0 spiro atoms. The molecule has 0 aromatic rings. The lowest BCUT2D eigenvalue weighted by atomic mass is 10.1. The summed E-state index contributed by atoms with van der Waals surface area (Å²) in [6.07, 6.45) is 0.0672. The van der Waals surface area contributed by atoms with E-state index in [1.54, 1.807) is 0 Å². The number of alkyl carbamates (subject to hydrolysis) is 1. The van der Waals surface area contributed by atoms with E-state index in [1.165, 1.54) is 7.11 Å². The predicted molar refractivity (Wildman–Crippen MR) is 41.1 cm³/mol. The molecule has 13 heavy (non-hydrogen) atoms. The van der Waals surface area contributed by atoms with Crippen LogP contribution in [0.2, 0.25) is 0 Å². The van der Waals surface area contributed by atoms with Crippen molar-refractivity contribution >= 4 is 12.1 Å². The lowest BCUT2D eigenvalue weighted by Crippen LogP contribution is -2.54. The molecule has 74 valence electrons. The van der Waals surface area contributed by atoms with Crippen molar-refractivity contribution in [2.24, 2.45) is 0 Å². The van der Waals surface area contributed by atoms with E-state index in [1.807, 2.05) is 0 Å². The second kappa shape index (κ2) is 3.61. The Hall–Kier alpha value is -1.30. The molecule has 1 saturated heterocycles. The molecule has 0 radical (unpaired) electrons. The number of carbonyl (C=O) groups is 2. The van der Waals surface area contributed by atoms with E-state index in [2.05, 4.69) is 10.1 Å². The van der Waals surface area contributed by atoms with Crippen molar-refractivity contribution in [1.29, 1.82) is 0 Å². The number of carboxylic acids is 1. The van der Waals surface area contributed by atoms with E-state index in [9.17, 15) is 9.59 Å². The molecule has 1 atom stereocenters. The molecule has 0 bridgehead atoms. The van der Waals surface area contributed by atoms with Gasteiger partial charge >= 0.3 is 12.1 Å². The smallest absolute Gasteiger partial charge is 0.409 e. The highest BCUT2D eigenvalue weighted by atomic mass is 16.6. The average molecular weight is 189 g/mol. The van der Waals surface area contributed by atoms with Gasteiger partial charge in [0.1, 0.15) is 0 Å². The van der Waals surface area contributed by atoms with E-state index in [4.69, 9.17) is 9.84 Å². The maximum absolute atomic E-state index is 10.8. The van der Waals surface area contributed by atoms with Gasteiger partial charge in [0.2, 0.25) is 5.72 Å². The first-order chi connectivity index (χ1) is 6.10. The van der Waals surface area contributed by atoms with Crippen LogP contribution < -0.4 is 5.32 Å². The van der Waals surface area contributed by atoms with Crippen molar-refractivity contribution in [2.75, 3.05) is 13.7 Å². The highest BCUT2D eigenvalue weighted by molar-refractivity contribution is 5.82. The average Bonchev–Trinajstić information content (AvgIpc) is 2.54. The maximum atomic E-state index is 10.8. The summed E-state index contributed by atoms with van der Waals surface area (Å²) in [6.45, 7) is 0.330. The third-order valence-electron chi connectivity index (χ3n) is 1.86. The van der Waals surface area contributed by atoms with Gasteiger partial charge in [0.15, 0.2) is 0 Å². The molecule has 0 aliphatic carbocycles. The van der Waals surface area contributed by atoms with Crippen molar-refractivity contribution in [1.82, 2.24) is 5.32 Å². The van der Waals surface area contributed by atoms with Crippen LogP contribution in [-0.4, -0.2) is 36.6 Å². The van der Waals surface area contributed by atoms with Crippen LogP contribution in [0.1, 0.15) is 12.8 Å². The van der Waals surface area contributed by atoms with Gasteiger partial charge in [-0.25, -0.2) is 9.59 Å². The number of hydrogen-bond acceptors (Lipinski definition) is 4. The molecular formula is C7H11NO5. The molecule has 1 unspecified atom stereocenters. The van der Waals surface area contributed by atoms with Crippen LogP contribution in [0.3, 0.4) is 0 Å². The molecule has 6 heteroatoms. The summed E-state index contributed by atoms with van der Waals surface area (Å²) in [5.41, 5.74) is -1.59. The van der Waals surface area contributed by atoms with Crippen LogP contribution in [0.4, 0.5) is 4.79 Å². The first-order valence-electron chi connectivity index (χ1n) is 3.84. The molecule has 0 aromatic carbocycles. The third-order valence-corrected chi connectivity index (χ3v) is 1.86. The quantitative estimate of drug-likeness (QED) is 0.635. The molecular weight excluding hydrogens is 178 g/mol. The molecule has 1 fully saturated rings. The lowest BCUT2D eigenvalue weighted by Gasteiger charge is -2.23. The van der Waals surface area contributed by atoms with Gasteiger partial charge in [-0.1, -0.05) is 0 Å². The van der Waals surface area contributed by atoms with Gasteiger partial charge in [-0.05, 0) is 6.42 Å². The van der Waals surface area contributed by atoms with E-state index < -0.39 is 17.8 Å². The summed E-state index contributed by atoms with van der Waals surface area (Å²) in [5.74, 6) is -1.20. The Morgan fingerprint density at radius 1 is 1.62 bits per heavy atom. The van der Waals surface area contributed by atoms with Gasteiger partial charge in [0, 0.05) is 6.42 Å². The first kappa shape index (κ1) is 9.79. The van der Waals surface area contributed by atoms with Gasteiger partial charge in [-0.2, -0.15) is 0 Å². The number of carbonyl (C=O) groups excluding carboxylic acids is 1. The van der Waals surface area contributed by atoms with Crippen LogP contribution in [-0.2, 0) is 14.3 Å². The number of methoxy groups -OCH3 is 1. The molecule has 1 aliphatic heterocycles. The molecule has 1 aliphatic rings. The second-order valence-corrected chi connectivity index (χ2v) is 2.70. The van der Waals surface area contributed by atoms with Gasteiger partial charge in [-0.15, -0.1) is 0 Å². The Balaban J connectivity index is 2.68. The van der Waals surface area contributed by atoms with E-state index >= 15 is 0 Å². The van der Waals surface area contributed by atoms with Crippen molar-refractivity contribution in [3.63, 3.8) is 0 Å². The highest BCUT2D eigenvalue weighted by Crippen LogP contribution is 2.23. The Bertz CT molecular complexity index is 221. The molecule has 1 heterocycles. The molecule has 1 rings (SSSR count). The molecule has 6 nitrogen and oxygen atoms in total. The number of nitrogens with one attached hydrogen (secondary N) is 1. The van der Waals surface area contributed by atoms with E-state index in [0.29, 0.717) is 13.0 Å². The van der Waals surface area contributed by atoms with Crippen molar-refractivity contribution in [2.45, 2.75) is 18.6 Å². The summed E-state index contributed by atoms with van der Waals surface area (Å²) in [7, 11) is 1.17. The van der Waals surface area contributed by atoms with Crippen LogP contribution in [0.15, 0.2) is 0 Å². The number of carboxylic acid groups (broad SMARTS) is 1. The Labute approximate surface area is 74.8 Å². The van der Waals surface area contributed by atoms with Crippen LogP contribution in [0, 0.1) is 0 Å². The van der Waals surface area contributed by atoms with Crippen LogP contribution in [0.5, 0.6) is 0 Å². The topological polar surface area (TPSA) is 84.9 Å². The Morgan fingerprint density at radius 3 is 2.69 bits per heavy atom. The molecule has 0 saturated carbocycles. The van der Waals surface area contributed by atoms with Gasteiger partial charge in [0.25, 0.3) is 0 Å². The number of ether oxygens (including phenoxy) is 2. The Morgan fingerprint density at radius 2 is 2.31 bits per heavy atom. The number of amides is 1. The lowest BCUT2D eigenvalue weighted by molar-refractivity contribution is -0.163. The van der Waals surface area contributed by atoms with E-state index in [-0.39, 0.29) is 6.42 Å². The minimum Gasteiger partial charge on any atom is -0.478 e. The summed E-state index contributed by atoms with van der Waals surface area (Å²) < 4.78 is 9.26. The molecule has 1 amide bonds. The first-order valence-corrected chi connectivity index (χ1v) is 3.84. The fraction of sp³-hybridized carbons (Fsp3) is 0.714. The number of rotatable bonds is 2. The summed E-state index contributed by atoms with van der Waals surface area (Å²) >= 11 is 0. The van der Waals surface area contributed by atoms with Crippen molar-refractivity contribution < 1.29 is 24.2 Å². The zero-order valence-electron chi connectivity index (χ0n) is 7.20. The van der Waals surface area contributed by atoms with Crippen LogP contribution >= 0.6 is 0 Å². The molecule has 0 aromatic heterocycles. The zero-order valence-corrected chi connectivity index (χ0v) is 7.20. The monoisotopic (exact) mass is 189 g/mol. The van der Waals surface area contributed by atoms with Gasteiger partial charge < -0.3 is 14.6 Å².